The van der Waals surface area contributed by atoms with Crippen LogP contribution in [0.15, 0.2) is 47.4 Å². The molecule has 4 nitrogen and oxygen atoms in total. The summed E-state index contributed by atoms with van der Waals surface area (Å²) in [5, 5.41) is 18.3. The smallest absolute Gasteiger partial charge is 0.337 e. The van der Waals surface area contributed by atoms with Crippen molar-refractivity contribution < 1.29 is 19.2 Å². The van der Waals surface area contributed by atoms with Crippen molar-refractivity contribution in [2.75, 3.05) is 0 Å². The van der Waals surface area contributed by atoms with Crippen molar-refractivity contribution >= 4 is 28.4 Å². The molecule has 0 radical (unpaired) electrons. The summed E-state index contributed by atoms with van der Waals surface area (Å²) in [6, 6.07) is 10.7. The average Bonchev–Trinajstić information content (AvgIpc) is 2.41. The van der Waals surface area contributed by atoms with Crippen molar-refractivity contribution in [2.45, 2.75) is 10.6 Å². The van der Waals surface area contributed by atoms with Gasteiger partial charge in [0, 0.05) is 4.90 Å². The van der Waals surface area contributed by atoms with E-state index in [-0.39, 0.29) is 22.1 Å². The highest BCUT2D eigenvalue weighted by Crippen LogP contribution is 2.21. The molecule has 6 heteroatoms. The number of rotatable bonds is 4. The Kier molecular flexibility index (Phi) is 4.42. The van der Waals surface area contributed by atoms with E-state index in [0.717, 1.165) is 5.56 Å². The van der Waals surface area contributed by atoms with E-state index >= 15 is 0 Å². The average molecular weight is 311 g/mol. The molecule has 2 aromatic carbocycles. The summed E-state index contributed by atoms with van der Waals surface area (Å²) in [7, 11) is -1.38. The van der Waals surface area contributed by atoms with Gasteiger partial charge in [0.05, 0.1) is 27.1 Å². The lowest BCUT2D eigenvalue weighted by Gasteiger charge is -2.05. The summed E-state index contributed by atoms with van der Waals surface area (Å²) in [6.07, 6.45) is 0. The molecular weight excluding hydrogens is 300 g/mol. The van der Waals surface area contributed by atoms with E-state index in [1.807, 2.05) is 0 Å². The molecule has 104 valence electrons. The highest BCUT2D eigenvalue weighted by molar-refractivity contribution is 7.84. The first-order valence-corrected chi connectivity index (χ1v) is 7.36. The predicted molar refractivity (Wildman–Crippen MR) is 76.6 cm³/mol. The zero-order valence-corrected chi connectivity index (χ0v) is 11.8. The first-order chi connectivity index (χ1) is 9.47. The predicted octanol–water partition coefficient (Wildman–Crippen LogP) is 3.05. The molecule has 0 aromatic heterocycles. The molecule has 0 spiro atoms. The summed E-state index contributed by atoms with van der Waals surface area (Å²) in [5.74, 6) is -0.779. The van der Waals surface area contributed by atoms with Gasteiger partial charge in [-0.1, -0.05) is 23.7 Å². The molecule has 2 N–H and O–H groups in total. The molecule has 0 bridgehead atoms. The number of aromatic hydroxyl groups is 1. The lowest BCUT2D eigenvalue weighted by molar-refractivity contribution is 0.0697. The number of halogens is 1. The Morgan fingerprint density at radius 2 is 1.80 bits per heavy atom. The minimum Gasteiger partial charge on any atom is -0.508 e. The van der Waals surface area contributed by atoms with Crippen LogP contribution in [0.4, 0.5) is 0 Å². The summed E-state index contributed by atoms with van der Waals surface area (Å²) < 4.78 is 12.2. The second-order valence-corrected chi connectivity index (χ2v) is 5.96. The van der Waals surface area contributed by atoms with Crippen LogP contribution in [0.5, 0.6) is 5.75 Å². The molecule has 0 aliphatic heterocycles. The molecule has 2 aromatic rings. The van der Waals surface area contributed by atoms with Crippen LogP contribution < -0.4 is 0 Å². The monoisotopic (exact) mass is 310 g/mol. The molecule has 20 heavy (non-hydrogen) atoms. The third-order valence-corrected chi connectivity index (χ3v) is 4.37. The maximum absolute atomic E-state index is 12.2. The number of carbonyl (C=O) groups is 1. The van der Waals surface area contributed by atoms with Crippen LogP contribution in [-0.2, 0) is 16.6 Å². The van der Waals surface area contributed by atoms with Crippen molar-refractivity contribution in [3.63, 3.8) is 0 Å². The van der Waals surface area contributed by atoms with Gasteiger partial charge in [-0.2, -0.15) is 0 Å². The van der Waals surface area contributed by atoms with E-state index < -0.39 is 16.8 Å². The van der Waals surface area contributed by atoms with E-state index in [4.69, 9.17) is 16.7 Å². The van der Waals surface area contributed by atoms with E-state index in [0.29, 0.717) is 4.90 Å². The van der Waals surface area contributed by atoms with E-state index in [1.165, 1.54) is 24.3 Å². The molecule has 1 atom stereocenters. The van der Waals surface area contributed by atoms with Gasteiger partial charge in [-0.25, -0.2) is 4.79 Å². The third-order valence-electron chi connectivity index (χ3n) is 2.67. The molecule has 0 saturated heterocycles. The SMILES string of the molecule is O=C(O)c1cc(S(=O)Cc2ccc(O)cc2)ccc1Cl. The van der Waals surface area contributed by atoms with Gasteiger partial charge in [-0.05, 0) is 35.9 Å². The minimum atomic E-state index is -1.38. The van der Waals surface area contributed by atoms with Crippen LogP contribution in [0.1, 0.15) is 15.9 Å². The molecule has 0 aliphatic carbocycles. The molecule has 0 heterocycles. The maximum Gasteiger partial charge on any atom is 0.337 e. The van der Waals surface area contributed by atoms with Crippen molar-refractivity contribution in [3.8, 4) is 5.75 Å². The van der Waals surface area contributed by atoms with Gasteiger partial charge < -0.3 is 10.2 Å². The number of carboxylic acids is 1. The van der Waals surface area contributed by atoms with Crippen LogP contribution in [0.2, 0.25) is 5.02 Å². The topological polar surface area (TPSA) is 74.6 Å². The lowest BCUT2D eigenvalue weighted by atomic mass is 10.2. The number of hydrogen-bond acceptors (Lipinski definition) is 3. The number of hydrogen-bond donors (Lipinski definition) is 2. The van der Waals surface area contributed by atoms with Gasteiger partial charge in [0.2, 0.25) is 0 Å². The Morgan fingerprint density at radius 3 is 2.40 bits per heavy atom. The summed E-state index contributed by atoms with van der Waals surface area (Å²) in [4.78, 5) is 11.4. The molecule has 0 aliphatic rings. The Bertz CT molecular complexity index is 667. The van der Waals surface area contributed by atoms with E-state index in [9.17, 15) is 14.1 Å². The third kappa shape index (κ3) is 3.37. The standard InChI is InChI=1S/C14H11ClO4S/c15-13-6-5-11(7-12(13)14(17)18)20(19)8-9-1-3-10(16)4-2-9/h1-7,16H,8H2,(H,17,18). The van der Waals surface area contributed by atoms with Crippen LogP contribution in [0.3, 0.4) is 0 Å². The molecular formula is C14H11ClO4S. The Balaban J connectivity index is 2.23. The normalized spacial score (nSPS) is 12.1. The number of phenols is 1. The van der Waals surface area contributed by atoms with Crippen molar-refractivity contribution in [1.29, 1.82) is 0 Å². The number of carboxylic acid groups (broad SMARTS) is 1. The first kappa shape index (κ1) is 14.6. The molecule has 1 unspecified atom stereocenters. The van der Waals surface area contributed by atoms with Gasteiger partial charge in [0.15, 0.2) is 0 Å². The van der Waals surface area contributed by atoms with Crippen LogP contribution in [0.25, 0.3) is 0 Å². The Morgan fingerprint density at radius 1 is 1.15 bits per heavy atom. The first-order valence-electron chi connectivity index (χ1n) is 5.66. The summed E-state index contributed by atoms with van der Waals surface area (Å²) >= 11 is 5.77. The summed E-state index contributed by atoms with van der Waals surface area (Å²) in [6.45, 7) is 0. The van der Waals surface area contributed by atoms with Gasteiger partial charge in [0.25, 0.3) is 0 Å². The molecule has 2 rings (SSSR count). The molecule has 0 amide bonds. The van der Waals surface area contributed by atoms with Gasteiger partial charge in [-0.3, -0.25) is 4.21 Å². The highest BCUT2D eigenvalue weighted by atomic mass is 35.5. The largest absolute Gasteiger partial charge is 0.508 e. The quantitative estimate of drug-likeness (QED) is 0.910. The Labute approximate surface area is 123 Å². The summed E-state index contributed by atoms with van der Waals surface area (Å²) in [5.41, 5.74) is 0.719. The molecule has 0 saturated carbocycles. The zero-order valence-electron chi connectivity index (χ0n) is 10.2. The van der Waals surface area contributed by atoms with Gasteiger partial charge in [0.1, 0.15) is 5.75 Å². The van der Waals surface area contributed by atoms with Crippen molar-refractivity contribution in [1.82, 2.24) is 0 Å². The second kappa shape index (κ2) is 6.07. The number of benzene rings is 2. The minimum absolute atomic E-state index is 0.0665. The fourth-order valence-electron chi connectivity index (χ4n) is 1.64. The zero-order chi connectivity index (χ0) is 14.7. The maximum atomic E-state index is 12.2. The van der Waals surface area contributed by atoms with E-state index in [2.05, 4.69) is 0 Å². The lowest BCUT2D eigenvalue weighted by Crippen LogP contribution is -2.02. The fraction of sp³-hybridized carbons (Fsp3) is 0.0714. The highest BCUT2D eigenvalue weighted by Gasteiger charge is 2.13. The number of aromatic carboxylic acids is 1. The van der Waals surface area contributed by atoms with Crippen molar-refractivity contribution in [2.24, 2.45) is 0 Å². The van der Waals surface area contributed by atoms with Crippen LogP contribution in [0, 0.1) is 0 Å². The molecule has 0 fully saturated rings. The number of phenolic OH excluding ortho intramolecular Hbond substituents is 1. The van der Waals surface area contributed by atoms with E-state index in [1.54, 1.807) is 18.2 Å². The van der Waals surface area contributed by atoms with Crippen molar-refractivity contribution in [3.05, 3.63) is 58.6 Å². The second-order valence-electron chi connectivity index (χ2n) is 4.10. The fourth-order valence-corrected chi connectivity index (χ4v) is 2.97. The van der Waals surface area contributed by atoms with Crippen LogP contribution >= 0.6 is 11.6 Å². The van der Waals surface area contributed by atoms with Gasteiger partial charge in [-0.15, -0.1) is 0 Å². The van der Waals surface area contributed by atoms with Crippen LogP contribution in [-0.4, -0.2) is 20.4 Å². The Hall–Kier alpha value is -1.85. The van der Waals surface area contributed by atoms with Gasteiger partial charge >= 0.3 is 5.97 Å².